The highest BCUT2D eigenvalue weighted by atomic mass is 16.5. The summed E-state index contributed by atoms with van der Waals surface area (Å²) in [7, 11) is 0. The predicted octanol–water partition coefficient (Wildman–Crippen LogP) is 2.55. The fourth-order valence-electron chi connectivity index (χ4n) is 2.43. The van der Waals surface area contributed by atoms with Gasteiger partial charge in [-0.15, -0.1) is 0 Å². The van der Waals surface area contributed by atoms with Gasteiger partial charge in [0, 0.05) is 18.2 Å². The molecule has 2 rings (SSSR count). The van der Waals surface area contributed by atoms with Crippen LogP contribution in [0.4, 0.5) is 0 Å². The lowest BCUT2D eigenvalue weighted by Gasteiger charge is -2.34. The summed E-state index contributed by atoms with van der Waals surface area (Å²) in [5.74, 6) is 5.72. The van der Waals surface area contributed by atoms with Crippen molar-refractivity contribution in [3.63, 3.8) is 0 Å². The average molecular weight is 259 g/mol. The highest BCUT2D eigenvalue weighted by Gasteiger charge is 2.30. The Bertz CT molecular complexity index is 554. The van der Waals surface area contributed by atoms with Gasteiger partial charge < -0.3 is 4.74 Å². The molecule has 3 N–H and O–H groups in total. The van der Waals surface area contributed by atoms with Crippen molar-refractivity contribution in [2.24, 2.45) is 5.84 Å². The van der Waals surface area contributed by atoms with Crippen molar-refractivity contribution in [1.29, 1.82) is 0 Å². The van der Waals surface area contributed by atoms with E-state index in [0.717, 1.165) is 16.5 Å². The second-order valence-electron chi connectivity index (χ2n) is 5.09. The van der Waals surface area contributed by atoms with E-state index in [1.807, 2.05) is 45.0 Å². The number of benzene rings is 1. The van der Waals surface area contributed by atoms with Gasteiger partial charge in [-0.3, -0.25) is 16.3 Å². The number of nitrogens with one attached hydrogen (secondary N) is 1. The minimum atomic E-state index is -0.376. The van der Waals surface area contributed by atoms with E-state index in [0.29, 0.717) is 6.61 Å². The number of pyridine rings is 1. The Hall–Kier alpha value is -1.49. The second-order valence-corrected chi connectivity index (χ2v) is 5.09. The molecule has 0 radical (unpaired) electrons. The molecule has 0 amide bonds. The number of ether oxygens (including phenoxy) is 1. The van der Waals surface area contributed by atoms with E-state index < -0.39 is 0 Å². The van der Waals surface area contributed by atoms with Crippen LogP contribution in [0.25, 0.3) is 10.9 Å². The van der Waals surface area contributed by atoms with E-state index >= 15 is 0 Å². The third kappa shape index (κ3) is 2.92. The van der Waals surface area contributed by atoms with Crippen molar-refractivity contribution in [2.45, 2.75) is 32.4 Å². The second kappa shape index (κ2) is 5.65. The first-order valence-electron chi connectivity index (χ1n) is 6.53. The van der Waals surface area contributed by atoms with Crippen LogP contribution < -0.4 is 11.3 Å². The van der Waals surface area contributed by atoms with E-state index in [-0.39, 0.29) is 11.6 Å². The monoisotopic (exact) mass is 259 g/mol. The van der Waals surface area contributed by atoms with Gasteiger partial charge in [0.05, 0.1) is 17.2 Å². The van der Waals surface area contributed by atoms with Gasteiger partial charge in [0.15, 0.2) is 0 Å². The Morgan fingerprint density at radius 2 is 2.16 bits per heavy atom. The maximum atomic E-state index is 5.79. The topological polar surface area (TPSA) is 60.2 Å². The van der Waals surface area contributed by atoms with Gasteiger partial charge in [0.2, 0.25) is 0 Å². The molecule has 1 aromatic heterocycles. The lowest BCUT2D eigenvalue weighted by atomic mass is 9.91. The minimum absolute atomic E-state index is 0.0722. The molecule has 0 saturated carbocycles. The molecule has 19 heavy (non-hydrogen) atoms. The van der Waals surface area contributed by atoms with Crippen LogP contribution in [0.1, 0.15) is 32.4 Å². The molecule has 2 aromatic rings. The lowest BCUT2D eigenvalue weighted by molar-refractivity contribution is -0.0392. The zero-order valence-electron chi connectivity index (χ0n) is 11.7. The Balaban J connectivity index is 2.40. The molecular weight excluding hydrogens is 238 g/mol. The Morgan fingerprint density at radius 3 is 2.84 bits per heavy atom. The van der Waals surface area contributed by atoms with Crippen LogP contribution in [0, 0.1) is 0 Å². The van der Waals surface area contributed by atoms with E-state index in [2.05, 4.69) is 16.5 Å². The van der Waals surface area contributed by atoms with Gasteiger partial charge >= 0.3 is 0 Å². The number of nitrogens with zero attached hydrogens (tertiary/aromatic N) is 1. The van der Waals surface area contributed by atoms with Gasteiger partial charge in [-0.05, 0) is 44.5 Å². The van der Waals surface area contributed by atoms with Crippen LogP contribution in [-0.4, -0.2) is 17.2 Å². The quantitative estimate of drug-likeness (QED) is 0.640. The van der Waals surface area contributed by atoms with Crippen molar-refractivity contribution < 1.29 is 4.74 Å². The third-order valence-electron chi connectivity index (χ3n) is 3.34. The number of fused-ring (bicyclic) bond motifs is 1. The summed E-state index contributed by atoms with van der Waals surface area (Å²) in [5, 5.41) is 1.10. The van der Waals surface area contributed by atoms with Crippen molar-refractivity contribution in [2.75, 3.05) is 6.61 Å². The summed E-state index contributed by atoms with van der Waals surface area (Å²) in [6.07, 6.45) is 1.80. The summed E-state index contributed by atoms with van der Waals surface area (Å²) >= 11 is 0. The molecule has 4 heteroatoms. The van der Waals surface area contributed by atoms with Crippen molar-refractivity contribution in [1.82, 2.24) is 10.4 Å². The van der Waals surface area contributed by atoms with Gasteiger partial charge in [0.25, 0.3) is 0 Å². The standard InChI is InChI=1S/C15H21N3O/c1-4-19-15(2,3)14(18-16)12-7-8-13-11(10-12)6-5-9-17-13/h5-10,14,18H,4,16H2,1-3H3. The molecule has 0 fully saturated rings. The summed E-state index contributed by atoms with van der Waals surface area (Å²) in [4.78, 5) is 4.32. The van der Waals surface area contributed by atoms with E-state index in [1.54, 1.807) is 6.20 Å². The first-order chi connectivity index (χ1) is 9.08. The molecule has 0 aliphatic carbocycles. The first-order valence-corrected chi connectivity index (χ1v) is 6.53. The molecule has 0 bridgehead atoms. The molecule has 1 aromatic carbocycles. The number of hydrazine groups is 1. The first kappa shape index (κ1) is 13.9. The normalized spacial score (nSPS) is 13.7. The van der Waals surface area contributed by atoms with Gasteiger partial charge in [-0.25, -0.2) is 0 Å². The maximum absolute atomic E-state index is 5.79. The van der Waals surface area contributed by atoms with Crippen LogP contribution in [0.15, 0.2) is 36.5 Å². The average Bonchev–Trinajstić information content (AvgIpc) is 2.39. The Morgan fingerprint density at radius 1 is 1.37 bits per heavy atom. The number of aromatic nitrogens is 1. The van der Waals surface area contributed by atoms with Gasteiger partial charge in [0.1, 0.15) is 0 Å². The van der Waals surface area contributed by atoms with Crippen molar-refractivity contribution >= 4 is 10.9 Å². The summed E-state index contributed by atoms with van der Waals surface area (Å²) in [6.45, 7) is 6.71. The fraction of sp³-hybridized carbons (Fsp3) is 0.400. The van der Waals surface area contributed by atoms with E-state index in [9.17, 15) is 0 Å². The highest BCUT2D eigenvalue weighted by Crippen LogP contribution is 2.29. The molecular formula is C15H21N3O. The Kier molecular flexibility index (Phi) is 4.14. The molecule has 4 nitrogen and oxygen atoms in total. The van der Waals surface area contributed by atoms with Crippen LogP contribution >= 0.6 is 0 Å². The maximum Gasteiger partial charge on any atom is 0.0833 e. The molecule has 0 aliphatic rings. The molecule has 0 spiro atoms. The largest absolute Gasteiger partial charge is 0.374 e. The molecule has 0 aliphatic heterocycles. The van der Waals surface area contributed by atoms with Crippen molar-refractivity contribution in [3.8, 4) is 0 Å². The molecule has 0 saturated heterocycles. The molecule has 1 unspecified atom stereocenters. The summed E-state index contributed by atoms with van der Waals surface area (Å²) in [5.41, 5.74) is 4.57. The number of hydrogen-bond acceptors (Lipinski definition) is 4. The fourth-order valence-corrected chi connectivity index (χ4v) is 2.43. The SMILES string of the molecule is CCOC(C)(C)C(NN)c1ccc2ncccc2c1. The molecule has 102 valence electrons. The third-order valence-corrected chi connectivity index (χ3v) is 3.34. The minimum Gasteiger partial charge on any atom is -0.374 e. The zero-order valence-corrected chi connectivity index (χ0v) is 11.7. The summed E-state index contributed by atoms with van der Waals surface area (Å²) < 4.78 is 5.79. The number of rotatable bonds is 5. The molecule has 1 heterocycles. The summed E-state index contributed by atoms with van der Waals surface area (Å²) in [6, 6.07) is 10.1. The lowest BCUT2D eigenvalue weighted by Crippen LogP contribution is -2.44. The number of hydrogen-bond donors (Lipinski definition) is 2. The highest BCUT2D eigenvalue weighted by molar-refractivity contribution is 5.79. The van der Waals surface area contributed by atoms with Gasteiger partial charge in [-0.1, -0.05) is 12.1 Å². The van der Waals surface area contributed by atoms with Gasteiger partial charge in [-0.2, -0.15) is 0 Å². The van der Waals surface area contributed by atoms with E-state index in [1.165, 1.54) is 0 Å². The molecule has 1 atom stereocenters. The van der Waals surface area contributed by atoms with Crippen LogP contribution in [0.2, 0.25) is 0 Å². The van der Waals surface area contributed by atoms with Crippen LogP contribution in [0.5, 0.6) is 0 Å². The van der Waals surface area contributed by atoms with Crippen molar-refractivity contribution in [3.05, 3.63) is 42.1 Å². The zero-order chi connectivity index (χ0) is 13.9. The number of nitrogens with two attached hydrogens (primary N) is 1. The Labute approximate surface area is 113 Å². The predicted molar refractivity (Wildman–Crippen MR) is 77.5 cm³/mol. The van der Waals surface area contributed by atoms with Crippen LogP contribution in [0.3, 0.4) is 0 Å². The smallest absolute Gasteiger partial charge is 0.0833 e. The van der Waals surface area contributed by atoms with Crippen LogP contribution in [-0.2, 0) is 4.74 Å². The van der Waals surface area contributed by atoms with E-state index in [4.69, 9.17) is 10.6 Å².